The Morgan fingerprint density at radius 1 is 1.33 bits per heavy atom. The third kappa shape index (κ3) is 2.17. The number of hydrogen-bond donors (Lipinski definition) is 1. The molecule has 2 fully saturated rings. The van der Waals surface area contributed by atoms with Gasteiger partial charge in [-0.1, -0.05) is 6.42 Å². The van der Waals surface area contributed by atoms with Gasteiger partial charge in [0, 0.05) is 12.5 Å². The van der Waals surface area contributed by atoms with Crippen molar-refractivity contribution in [3.05, 3.63) is 0 Å². The molecular weight excluding hydrogens is 207 g/mol. The zero-order valence-corrected chi connectivity index (χ0v) is 8.31. The summed E-state index contributed by atoms with van der Waals surface area (Å²) in [5, 5.41) is 3.04. The second-order valence-corrected chi connectivity index (χ2v) is 4.49. The molecule has 0 aromatic heterocycles. The van der Waals surface area contributed by atoms with Crippen molar-refractivity contribution in [1.29, 1.82) is 0 Å². The molecule has 5 heteroatoms. The summed E-state index contributed by atoms with van der Waals surface area (Å²) >= 11 is 0. The van der Waals surface area contributed by atoms with E-state index in [9.17, 15) is 18.0 Å². The van der Waals surface area contributed by atoms with Gasteiger partial charge >= 0.3 is 6.18 Å². The van der Waals surface area contributed by atoms with E-state index in [2.05, 4.69) is 5.32 Å². The smallest absolute Gasteiger partial charge is 0.313 e. The van der Waals surface area contributed by atoms with E-state index in [0.717, 1.165) is 25.8 Å². The normalized spacial score (nSPS) is 35.5. The van der Waals surface area contributed by atoms with Crippen LogP contribution >= 0.6 is 0 Å². The van der Waals surface area contributed by atoms with Crippen LogP contribution in [0.25, 0.3) is 0 Å². The number of carbonyl (C=O) groups excluding carboxylic acids is 1. The summed E-state index contributed by atoms with van der Waals surface area (Å²) in [5.41, 5.74) is 0. The Hall–Kier alpha value is -0.580. The maximum absolute atomic E-state index is 12.1. The highest BCUT2D eigenvalue weighted by Crippen LogP contribution is 2.39. The number of alkyl halides is 3. The van der Waals surface area contributed by atoms with E-state index in [1.807, 2.05) is 0 Å². The zero-order chi connectivity index (χ0) is 11.1. The van der Waals surface area contributed by atoms with Crippen molar-refractivity contribution in [2.75, 3.05) is 6.54 Å². The summed E-state index contributed by atoms with van der Waals surface area (Å²) in [6, 6.07) is -0.244. The van der Waals surface area contributed by atoms with Crippen LogP contribution in [0.4, 0.5) is 13.2 Å². The largest absolute Gasteiger partial charge is 0.450 e. The van der Waals surface area contributed by atoms with Crippen LogP contribution in [0.1, 0.15) is 25.7 Å². The molecular formula is C10H14F3NO. The van der Waals surface area contributed by atoms with Gasteiger partial charge in [0.05, 0.1) is 0 Å². The Morgan fingerprint density at radius 2 is 2.07 bits per heavy atom. The Bertz CT molecular complexity index is 264. The first-order valence-corrected chi connectivity index (χ1v) is 5.32. The number of hydrogen-bond acceptors (Lipinski definition) is 2. The molecule has 0 radical (unpaired) electrons. The first-order chi connectivity index (χ1) is 6.98. The summed E-state index contributed by atoms with van der Waals surface area (Å²) in [4.78, 5) is 10.8. The summed E-state index contributed by atoms with van der Waals surface area (Å²) < 4.78 is 36.2. The maximum Gasteiger partial charge on any atom is 0.450 e. The SMILES string of the molecule is O=C(CC1NCC2CCCC21)C(F)(F)F. The number of carbonyl (C=O) groups is 1. The first-order valence-electron chi connectivity index (χ1n) is 5.32. The molecule has 1 N–H and O–H groups in total. The lowest BCUT2D eigenvalue weighted by molar-refractivity contribution is -0.171. The van der Waals surface area contributed by atoms with E-state index >= 15 is 0 Å². The standard InChI is InChI=1S/C10H14F3NO/c11-10(12,13)9(15)4-8-7-3-1-2-6(7)5-14-8/h6-8,14H,1-5H2. The van der Waals surface area contributed by atoms with Crippen LogP contribution in [0, 0.1) is 11.8 Å². The van der Waals surface area contributed by atoms with Crippen molar-refractivity contribution in [2.24, 2.45) is 11.8 Å². The lowest BCUT2D eigenvalue weighted by Crippen LogP contribution is -2.34. The van der Waals surface area contributed by atoms with Crippen molar-refractivity contribution in [1.82, 2.24) is 5.32 Å². The molecule has 2 rings (SSSR count). The van der Waals surface area contributed by atoms with Gasteiger partial charge in [-0.25, -0.2) is 0 Å². The third-order valence-electron chi connectivity index (χ3n) is 3.60. The van der Waals surface area contributed by atoms with E-state index in [-0.39, 0.29) is 18.4 Å². The Morgan fingerprint density at radius 3 is 2.73 bits per heavy atom. The Kier molecular flexibility index (Phi) is 2.75. The summed E-state index contributed by atoms with van der Waals surface area (Å²) in [6.45, 7) is 0.778. The highest BCUT2D eigenvalue weighted by atomic mass is 19.4. The van der Waals surface area contributed by atoms with Crippen LogP contribution in [0.5, 0.6) is 0 Å². The van der Waals surface area contributed by atoms with E-state index in [1.165, 1.54) is 0 Å². The van der Waals surface area contributed by atoms with Crippen LogP contribution < -0.4 is 5.32 Å². The lowest BCUT2D eigenvalue weighted by atomic mass is 9.91. The molecule has 2 aliphatic rings. The third-order valence-corrected chi connectivity index (χ3v) is 3.60. The lowest BCUT2D eigenvalue weighted by Gasteiger charge is -2.17. The molecule has 1 saturated heterocycles. The number of halogens is 3. The van der Waals surface area contributed by atoms with Gasteiger partial charge in [-0.2, -0.15) is 13.2 Å². The van der Waals surface area contributed by atoms with Crippen molar-refractivity contribution in [3.63, 3.8) is 0 Å². The Balaban J connectivity index is 1.93. The minimum atomic E-state index is -4.67. The van der Waals surface area contributed by atoms with Gasteiger partial charge in [-0.05, 0) is 31.2 Å². The molecule has 1 saturated carbocycles. The minimum absolute atomic E-state index is 0.244. The number of ketones is 1. The molecule has 0 aromatic carbocycles. The molecule has 0 aromatic rings. The van der Waals surface area contributed by atoms with Crippen LogP contribution in [0.3, 0.4) is 0 Å². The van der Waals surface area contributed by atoms with Crippen LogP contribution in [0.2, 0.25) is 0 Å². The molecule has 0 spiro atoms. The molecule has 1 aliphatic heterocycles. The fraction of sp³-hybridized carbons (Fsp3) is 0.900. The molecule has 3 unspecified atom stereocenters. The summed E-state index contributed by atoms with van der Waals surface area (Å²) in [7, 11) is 0. The zero-order valence-electron chi connectivity index (χ0n) is 8.31. The van der Waals surface area contributed by atoms with Crippen LogP contribution in [-0.2, 0) is 4.79 Å². The van der Waals surface area contributed by atoms with Gasteiger partial charge in [-0.3, -0.25) is 4.79 Å². The van der Waals surface area contributed by atoms with Crippen LogP contribution in [-0.4, -0.2) is 24.5 Å². The van der Waals surface area contributed by atoms with Gasteiger partial charge in [-0.15, -0.1) is 0 Å². The summed E-state index contributed by atoms with van der Waals surface area (Å²) in [6.07, 6.45) is -1.90. The second kappa shape index (κ2) is 3.77. The molecule has 1 aliphatic carbocycles. The monoisotopic (exact) mass is 221 g/mol. The molecule has 2 nitrogen and oxygen atoms in total. The average molecular weight is 221 g/mol. The molecule has 0 bridgehead atoms. The van der Waals surface area contributed by atoms with Gasteiger partial charge in [0.2, 0.25) is 5.78 Å². The Labute approximate surface area is 86.2 Å². The van der Waals surface area contributed by atoms with Crippen molar-refractivity contribution in [2.45, 2.75) is 37.9 Å². The average Bonchev–Trinajstić information content (AvgIpc) is 2.67. The number of rotatable bonds is 2. The van der Waals surface area contributed by atoms with Gasteiger partial charge in [0.15, 0.2) is 0 Å². The molecule has 86 valence electrons. The fourth-order valence-corrected chi connectivity index (χ4v) is 2.84. The number of fused-ring (bicyclic) bond motifs is 1. The topological polar surface area (TPSA) is 29.1 Å². The molecule has 0 amide bonds. The second-order valence-electron chi connectivity index (χ2n) is 4.49. The van der Waals surface area contributed by atoms with Gasteiger partial charge in [0.1, 0.15) is 0 Å². The van der Waals surface area contributed by atoms with Gasteiger partial charge in [0.25, 0.3) is 0 Å². The van der Waals surface area contributed by atoms with E-state index in [4.69, 9.17) is 0 Å². The molecule has 3 atom stereocenters. The quantitative estimate of drug-likeness (QED) is 0.771. The number of nitrogens with one attached hydrogen (secondary N) is 1. The van der Waals surface area contributed by atoms with Crippen molar-refractivity contribution in [3.8, 4) is 0 Å². The van der Waals surface area contributed by atoms with E-state index < -0.39 is 12.0 Å². The minimum Gasteiger partial charge on any atom is -0.313 e. The highest BCUT2D eigenvalue weighted by Gasteiger charge is 2.44. The first kappa shape index (κ1) is 10.9. The predicted molar refractivity (Wildman–Crippen MR) is 48.3 cm³/mol. The molecule has 1 heterocycles. The number of Topliss-reactive ketones (excluding diaryl/α,β-unsaturated/α-hetero) is 1. The van der Waals surface area contributed by atoms with Crippen LogP contribution in [0.15, 0.2) is 0 Å². The van der Waals surface area contributed by atoms with Crippen molar-refractivity contribution >= 4 is 5.78 Å². The maximum atomic E-state index is 12.1. The predicted octanol–water partition coefficient (Wildman–Crippen LogP) is 1.90. The fourth-order valence-electron chi connectivity index (χ4n) is 2.84. The van der Waals surface area contributed by atoms with E-state index in [1.54, 1.807) is 0 Å². The molecule has 15 heavy (non-hydrogen) atoms. The van der Waals surface area contributed by atoms with Crippen molar-refractivity contribution < 1.29 is 18.0 Å². The van der Waals surface area contributed by atoms with Gasteiger partial charge < -0.3 is 5.32 Å². The highest BCUT2D eigenvalue weighted by molar-refractivity contribution is 5.84. The summed E-state index contributed by atoms with van der Waals surface area (Å²) in [5.74, 6) is -0.806. The van der Waals surface area contributed by atoms with E-state index in [0.29, 0.717) is 5.92 Å².